The van der Waals surface area contributed by atoms with Crippen LogP contribution in [-0.2, 0) is 6.42 Å². The Morgan fingerprint density at radius 3 is 2.33 bits per heavy atom. The van der Waals surface area contributed by atoms with E-state index in [2.05, 4.69) is 41.0 Å². The third kappa shape index (κ3) is 5.56. The van der Waals surface area contributed by atoms with E-state index in [1.54, 1.807) is 0 Å². The lowest BCUT2D eigenvalue weighted by atomic mass is 10.0. The molecule has 0 aliphatic rings. The fourth-order valence-electron chi connectivity index (χ4n) is 2.87. The second-order valence-corrected chi connectivity index (χ2v) is 6.53. The van der Waals surface area contributed by atoms with Gasteiger partial charge in [0.2, 0.25) is 0 Å². The molecular formula is C23H24N2OS. The van der Waals surface area contributed by atoms with Crippen molar-refractivity contribution < 1.29 is 4.74 Å². The van der Waals surface area contributed by atoms with Crippen LogP contribution in [0, 0.1) is 0 Å². The van der Waals surface area contributed by atoms with Gasteiger partial charge in [0, 0.05) is 17.8 Å². The van der Waals surface area contributed by atoms with Gasteiger partial charge in [-0.25, -0.2) is 0 Å². The Morgan fingerprint density at radius 1 is 0.889 bits per heavy atom. The molecule has 138 valence electrons. The van der Waals surface area contributed by atoms with Crippen LogP contribution in [0.2, 0.25) is 0 Å². The van der Waals surface area contributed by atoms with Crippen molar-refractivity contribution in [3.8, 4) is 16.9 Å². The number of anilines is 1. The second-order valence-electron chi connectivity index (χ2n) is 6.12. The quantitative estimate of drug-likeness (QED) is 0.550. The predicted molar refractivity (Wildman–Crippen MR) is 117 cm³/mol. The monoisotopic (exact) mass is 376 g/mol. The minimum absolute atomic E-state index is 0.629. The first-order valence-corrected chi connectivity index (χ1v) is 9.58. The van der Waals surface area contributed by atoms with Crippen molar-refractivity contribution in [2.24, 2.45) is 0 Å². The molecule has 0 amide bonds. The van der Waals surface area contributed by atoms with Crippen LogP contribution in [0.5, 0.6) is 5.75 Å². The molecule has 3 nitrogen and oxygen atoms in total. The normalized spacial score (nSPS) is 10.3. The number of hydrogen-bond donors (Lipinski definition) is 2. The maximum absolute atomic E-state index is 5.47. The van der Waals surface area contributed by atoms with Gasteiger partial charge in [0.05, 0.1) is 6.61 Å². The van der Waals surface area contributed by atoms with Gasteiger partial charge in [0.1, 0.15) is 5.75 Å². The lowest BCUT2D eigenvalue weighted by Gasteiger charge is -2.14. The fraction of sp³-hybridized carbons (Fsp3) is 0.174. The molecule has 0 aliphatic carbocycles. The highest BCUT2D eigenvalue weighted by molar-refractivity contribution is 7.80. The van der Waals surface area contributed by atoms with E-state index in [1.165, 1.54) is 5.56 Å². The molecule has 27 heavy (non-hydrogen) atoms. The van der Waals surface area contributed by atoms with Crippen LogP contribution in [0.1, 0.15) is 12.5 Å². The first kappa shape index (κ1) is 18.9. The zero-order valence-corrected chi connectivity index (χ0v) is 16.3. The second kappa shape index (κ2) is 9.74. The van der Waals surface area contributed by atoms with Gasteiger partial charge in [-0.15, -0.1) is 0 Å². The van der Waals surface area contributed by atoms with E-state index in [0.717, 1.165) is 35.5 Å². The van der Waals surface area contributed by atoms with Crippen LogP contribution in [0.25, 0.3) is 11.1 Å². The number of para-hydroxylation sites is 1. The molecular weight excluding hydrogens is 352 g/mol. The molecule has 0 aliphatic heterocycles. The minimum Gasteiger partial charge on any atom is -0.494 e. The Hall–Kier alpha value is -2.85. The van der Waals surface area contributed by atoms with E-state index in [1.807, 2.05) is 55.5 Å². The van der Waals surface area contributed by atoms with E-state index in [9.17, 15) is 0 Å². The summed E-state index contributed by atoms with van der Waals surface area (Å²) in [6, 6.07) is 26.7. The van der Waals surface area contributed by atoms with Crippen molar-refractivity contribution >= 4 is 23.0 Å². The molecule has 0 unspecified atom stereocenters. The maximum atomic E-state index is 5.47. The highest BCUT2D eigenvalue weighted by atomic mass is 32.1. The highest BCUT2D eigenvalue weighted by Gasteiger charge is 2.05. The Labute approximate surface area is 166 Å². The van der Waals surface area contributed by atoms with Gasteiger partial charge in [-0.05, 0) is 54.9 Å². The van der Waals surface area contributed by atoms with Gasteiger partial charge in [-0.2, -0.15) is 0 Å². The summed E-state index contributed by atoms with van der Waals surface area (Å²) in [5.74, 6) is 0.906. The summed E-state index contributed by atoms with van der Waals surface area (Å²) in [4.78, 5) is 0. The molecule has 2 N–H and O–H groups in total. The van der Waals surface area contributed by atoms with Crippen molar-refractivity contribution in [3.05, 3.63) is 84.4 Å². The van der Waals surface area contributed by atoms with E-state index in [0.29, 0.717) is 11.7 Å². The molecule has 0 atom stereocenters. The average molecular weight is 377 g/mol. The molecule has 0 radical (unpaired) electrons. The summed E-state index contributed by atoms with van der Waals surface area (Å²) >= 11 is 5.47. The number of thiocarbonyl (C=S) groups is 1. The van der Waals surface area contributed by atoms with Gasteiger partial charge in [-0.1, -0.05) is 60.7 Å². The zero-order chi connectivity index (χ0) is 18.9. The molecule has 0 heterocycles. The number of rotatable bonds is 7. The molecule has 0 bridgehead atoms. The Kier molecular flexibility index (Phi) is 6.83. The zero-order valence-electron chi connectivity index (χ0n) is 15.4. The lowest BCUT2D eigenvalue weighted by molar-refractivity contribution is 0.340. The smallest absolute Gasteiger partial charge is 0.170 e. The molecule has 0 saturated carbocycles. The predicted octanol–water partition coefficient (Wildman–Crippen LogP) is 5.28. The Balaban J connectivity index is 1.54. The molecule has 3 rings (SSSR count). The number of ether oxygens (including phenoxy) is 1. The van der Waals surface area contributed by atoms with Crippen LogP contribution in [-0.4, -0.2) is 18.3 Å². The summed E-state index contributed by atoms with van der Waals surface area (Å²) in [6.07, 6.45) is 0.897. The van der Waals surface area contributed by atoms with Crippen molar-refractivity contribution in [2.75, 3.05) is 18.5 Å². The largest absolute Gasteiger partial charge is 0.494 e. The minimum atomic E-state index is 0.629. The topological polar surface area (TPSA) is 33.3 Å². The van der Waals surface area contributed by atoms with Crippen molar-refractivity contribution in [2.45, 2.75) is 13.3 Å². The summed E-state index contributed by atoms with van der Waals surface area (Å²) in [7, 11) is 0. The van der Waals surface area contributed by atoms with Gasteiger partial charge in [0.15, 0.2) is 5.11 Å². The van der Waals surface area contributed by atoms with E-state index in [-0.39, 0.29) is 0 Å². The van der Waals surface area contributed by atoms with E-state index >= 15 is 0 Å². The van der Waals surface area contributed by atoms with Crippen molar-refractivity contribution in [1.29, 1.82) is 0 Å². The first-order valence-electron chi connectivity index (χ1n) is 9.17. The number of hydrogen-bond acceptors (Lipinski definition) is 2. The van der Waals surface area contributed by atoms with E-state index in [4.69, 9.17) is 17.0 Å². The molecule has 0 spiro atoms. The maximum Gasteiger partial charge on any atom is 0.170 e. The fourth-order valence-corrected chi connectivity index (χ4v) is 3.08. The summed E-state index contributed by atoms with van der Waals surface area (Å²) < 4.78 is 5.47. The highest BCUT2D eigenvalue weighted by Crippen LogP contribution is 2.27. The molecule has 4 heteroatoms. The van der Waals surface area contributed by atoms with Gasteiger partial charge in [0.25, 0.3) is 0 Å². The Bertz CT molecular complexity index is 863. The van der Waals surface area contributed by atoms with Crippen molar-refractivity contribution in [1.82, 2.24) is 5.32 Å². The van der Waals surface area contributed by atoms with Crippen LogP contribution in [0.3, 0.4) is 0 Å². The van der Waals surface area contributed by atoms with Crippen LogP contribution < -0.4 is 15.4 Å². The van der Waals surface area contributed by atoms with Crippen LogP contribution in [0.4, 0.5) is 5.69 Å². The van der Waals surface area contributed by atoms with Gasteiger partial charge < -0.3 is 15.4 Å². The first-order chi connectivity index (χ1) is 13.3. The summed E-state index contributed by atoms with van der Waals surface area (Å²) in [5.41, 5.74) is 4.55. The molecule has 3 aromatic rings. The van der Waals surface area contributed by atoms with Gasteiger partial charge >= 0.3 is 0 Å². The molecule has 0 fully saturated rings. The van der Waals surface area contributed by atoms with E-state index < -0.39 is 0 Å². The standard InChI is InChI=1S/C23H24N2OS/c1-2-26-20-14-12-18(13-15-20)16-17-24-23(27)25-22-11-7-6-10-21(22)19-8-4-3-5-9-19/h3-15H,2,16-17H2,1H3,(H2,24,25,27). The molecule has 0 saturated heterocycles. The lowest BCUT2D eigenvalue weighted by Crippen LogP contribution is -2.30. The van der Waals surface area contributed by atoms with Crippen LogP contribution >= 0.6 is 12.2 Å². The Morgan fingerprint density at radius 2 is 1.59 bits per heavy atom. The van der Waals surface area contributed by atoms with Gasteiger partial charge in [-0.3, -0.25) is 0 Å². The average Bonchev–Trinajstić information content (AvgIpc) is 2.71. The molecule has 0 aromatic heterocycles. The summed E-state index contributed by atoms with van der Waals surface area (Å²) in [6.45, 7) is 3.44. The SMILES string of the molecule is CCOc1ccc(CCNC(=S)Nc2ccccc2-c2ccccc2)cc1. The molecule has 3 aromatic carbocycles. The third-order valence-corrected chi connectivity index (χ3v) is 4.44. The number of benzene rings is 3. The third-order valence-electron chi connectivity index (χ3n) is 4.19. The van der Waals surface area contributed by atoms with Crippen molar-refractivity contribution in [3.63, 3.8) is 0 Å². The van der Waals surface area contributed by atoms with Crippen LogP contribution in [0.15, 0.2) is 78.9 Å². The summed E-state index contributed by atoms with van der Waals surface area (Å²) in [5, 5.41) is 7.24. The number of nitrogens with one attached hydrogen (secondary N) is 2.